The van der Waals surface area contributed by atoms with E-state index in [2.05, 4.69) is 13.8 Å². The number of aliphatic hydroxyl groups is 1. The Morgan fingerprint density at radius 3 is 2.29 bits per heavy atom. The molecule has 0 radical (unpaired) electrons. The Morgan fingerprint density at radius 2 is 1.71 bits per heavy atom. The van der Waals surface area contributed by atoms with Crippen molar-refractivity contribution in [2.45, 2.75) is 51.6 Å². The van der Waals surface area contributed by atoms with Crippen LogP contribution in [0.15, 0.2) is 24.3 Å². The second-order valence-electron chi connectivity index (χ2n) is 6.16. The third kappa shape index (κ3) is 3.23. The molecule has 0 heterocycles. The molecule has 1 aliphatic carbocycles. The van der Waals surface area contributed by atoms with Crippen LogP contribution in [0.25, 0.3) is 0 Å². The molecule has 0 atom stereocenters. The quantitative estimate of drug-likeness (QED) is 0.836. The molecule has 1 aliphatic rings. The molecular weight excluding hydrogens is 232 g/mol. The van der Waals surface area contributed by atoms with Crippen LogP contribution in [0, 0.1) is 5.41 Å². The molecule has 0 amide bonds. The fourth-order valence-corrected chi connectivity index (χ4v) is 2.77. The standard InChI is InChI=1S/C15H21ClO/c1-14(2)7-9-15(17,10-8-14)11-12-5-3-4-6-13(12)16/h3-6,17H,7-11H2,1-2H3. The molecule has 1 fully saturated rings. The van der Waals surface area contributed by atoms with Gasteiger partial charge in [0.05, 0.1) is 5.60 Å². The molecule has 0 unspecified atom stereocenters. The summed E-state index contributed by atoms with van der Waals surface area (Å²) < 4.78 is 0. The number of hydrogen-bond acceptors (Lipinski definition) is 1. The summed E-state index contributed by atoms with van der Waals surface area (Å²) in [6.07, 6.45) is 4.63. The molecule has 1 N–H and O–H groups in total. The van der Waals surface area contributed by atoms with Crippen LogP contribution in [-0.4, -0.2) is 10.7 Å². The van der Waals surface area contributed by atoms with Crippen LogP contribution in [0.3, 0.4) is 0 Å². The van der Waals surface area contributed by atoms with Gasteiger partial charge in [-0.1, -0.05) is 43.6 Å². The summed E-state index contributed by atoms with van der Waals surface area (Å²) in [6.45, 7) is 4.56. The first-order valence-corrected chi connectivity index (χ1v) is 6.74. The van der Waals surface area contributed by atoms with Gasteiger partial charge in [0.25, 0.3) is 0 Å². The molecule has 2 rings (SSSR count). The number of halogens is 1. The second-order valence-corrected chi connectivity index (χ2v) is 6.56. The Labute approximate surface area is 109 Å². The van der Waals surface area contributed by atoms with Gasteiger partial charge in [-0.2, -0.15) is 0 Å². The van der Waals surface area contributed by atoms with Crippen molar-refractivity contribution in [3.8, 4) is 0 Å². The number of rotatable bonds is 2. The molecule has 94 valence electrons. The highest BCUT2D eigenvalue weighted by Gasteiger charge is 2.36. The van der Waals surface area contributed by atoms with Gasteiger partial charge in [-0.25, -0.2) is 0 Å². The van der Waals surface area contributed by atoms with E-state index in [1.807, 2.05) is 24.3 Å². The molecule has 1 aromatic carbocycles. The largest absolute Gasteiger partial charge is 0.390 e. The lowest BCUT2D eigenvalue weighted by atomic mass is 9.69. The zero-order valence-electron chi connectivity index (χ0n) is 10.7. The molecule has 1 nitrogen and oxygen atoms in total. The van der Waals surface area contributed by atoms with Crippen molar-refractivity contribution in [2.24, 2.45) is 5.41 Å². The van der Waals surface area contributed by atoms with Crippen LogP contribution in [0.2, 0.25) is 5.02 Å². The van der Waals surface area contributed by atoms with Crippen molar-refractivity contribution in [2.75, 3.05) is 0 Å². The van der Waals surface area contributed by atoms with E-state index in [4.69, 9.17) is 11.6 Å². The molecule has 0 bridgehead atoms. The predicted octanol–water partition coefficient (Wildman–Crippen LogP) is 4.21. The third-order valence-corrected chi connectivity index (χ3v) is 4.38. The van der Waals surface area contributed by atoms with Crippen molar-refractivity contribution >= 4 is 11.6 Å². The normalized spacial score (nSPS) is 22.4. The van der Waals surface area contributed by atoms with Crippen LogP contribution in [0.5, 0.6) is 0 Å². The minimum absolute atomic E-state index is 0.382. The van der Waals surface area contributed by atoms with Crippen molar-refractivity contribution < 1.29 is 5.11 Å². The van der Waals surface area contributed by atoms with E-state index in [9.17, 15) is 5.11 Å². The van der Waals surface area contributed by atoms with E-state index in [-0.39, 0.29) is 0 Å². The topological polar surface area (TPSA) is 20.2 Å². The maximum atomic E-state index is 10.6. The van der Waals surface area contributed by atoms with E-state index in [0.717, 1.165) is 36.3 Å². The van der Waals surface area contributed by atoms with Gasteiger partial charge in [0.15, 0.2) is 0 Å². The lowest BCUT2D eigenvalue weighted by Gasteiger charge is -2.40. The van der Waals surface area contributed by atoms with Crippen LogP contribution >= 0.6 is 11.6 Å². The highest BCUT2D eigenvalue weighted by molar-refractivity contribution is 6.31. The van der Waals surface area contributed by atoms with Crippen molar-refractivity contribution in [3.63, 3.8) is 0 Å². The minimum atomic E-state index is -0.555. The summed E-state index contributed by atoms with van der Waals surface area (Å²) in [4.78, 5) is 0. The van der Waals surface area contributed by atoms with Gasteiger partial charge in [0.1, 0.15) is 0 Å². The van der Waals surface area contributed by atoms with Gasteiger partial charge in [0.2, 0.25) is 0 Å². The van der Waals surface area contributed by atoms with E-state index in [1.54, 1.807) is 0 Å². The van der Waals surface area contributed by atoms with Crippen molar-refractivity contribution in [3.05, 3.63) is 34.9 Å². The first-order valence-electron chi connectivity index (χ1n) is 6.36. The average molecular weight is 253 g/mol. The van der Waals surface area contributed by atoms with E-state index in [0.29, 0.717) is 11.8 Å². The van der Waals surface area contributed by atoms with E-state index < -0.39 is 5.60 Å². The second kappa shape index (κ2) is 4.62. The lowest BCUT2D eigenvalue weighted by Crippen LogP contribution is -2.38. The zero-order chi connectivity index (χ0) is 12.5. The smallest absolute Gasteiger partial charge is 0.0688 e. The Morgan fingerprint density at radius 1 is 1.12 bits per heavy atom. The fourth-order valence-electron chi connectivity index (χ4n) is 2.57. The molecule has 1 saturated carbocycles. The molecule has 0 spiro atoms. The molecule has 0 aromatic heterocycles. The van der Waals surface area contributed by atoms with Crippen molar-refractivity contribution in [1.82, 2.24) is 0 Å². The fraction of sp³-hybridized carbons (Fsp3) is 0.600. The van der Waals surface area contributed by atoms with Gasteiger partial charge in [-0.05, 0) is 42.7 Å². The molecule has 17 heavy (non-hydrogen) atoms. The average Bonchev–Trinajstić information content (AvgIpc) is 2.27. The molecular formula is C15H21ClO. The maximum absolute atomic E-state index is 10.6. The Kier molecular flexibility index (Phi) is 3.51. The predicted molar refractivity (Wildman–Crippen MR) is 72.4 cm³/mol. The van der Waals surface area contributed by atoms with Gasteiger partial charge in [-0.3, -0.25) is 0 Å². The Bertz CT molecular complexity index is 388. The zero-order valence-corrected chi connectivity index (χ0v) is 11.4. The first kappa shape index (κ1) is 12.9. The summed E-state index contributed by atoms with van der Waals surface area (Å²) in [6, 6.07) is 7.82. The third-order valence-electron chi connectivity index (χ3n) is 4.01. The van der Waals surface area contributed by atoms with E-state index >= 15 is 0 Å². The van der Waals surface area contributed by atoms with Gasteiger partial charge >= 0.3 is 0 Å². The number of benzene rings is 1. The first-order chi connectivity index (χ1) is 7.90. The van der Waals surface area contributed by atoms with Gasteiger partial charge < -0.3 is 5.11 Å². The summed E-state index contributed by atoms with van der Waals surface area (Å²) in [5, 5.41) is 11.4. The highest BCUT2D eigenvalue weighted by atomic mass is 35.5. The van der Waals surface area contributed by atoms with Gasteiger partial charge in [0, 0.05) is 11.4 Å². The Hall–Kier alpha value is -0.530. The van der Waals surface area contributed by atoms with Gasteiger partial charge in [-0.15, -0.1) is 0 Å². The summed E-state index contributed by atoms with van der Waals surface area (Å²) >= 11 is 6.15. The van der Waals surface area contributed by atoms with E-state index in [1.165, 1.54) is 0 Å². The summed E-state index contributed by atoms with van der Waals surface area (Å²) in [5.41, 5.74) is 0.893. The molecule has 1 aromatic rings. The summed E-state index contributed by atoms with van der Waals surface area (Å²) in [5.74, 6) is 0. The lowest BCUT2D eigenvalue weighted by molar-refractivity contribution is -0.0251. The minimum Gasteiger partial charge on any atom is -0.390 e. The SMILES string of the molecule is CC1(C)CCC(O)(Cc2ccccc2Cl)CC1. The van der Waals surface area contributed by atoms with Crippen molar-refractivity contribution in [1.29, 1.82) is 0 Å². The molecule has 0 saturated heterocycles. The highest BCUT2D eigenvalue weighted by Crippen LogP contribution is 2.42. The molecule has 0 aliphatic heterocycles. The van der Waals surface area contributed by atoms with Crippen LogP contribution in [0.1, 0.15) is 45.1 Å². The van der Waals surface area contributed by atoms with Crippen LogP contribution in [-0.2, 0) is 6.42 Å². The number of hydrogen-bond donors (Lipinski definition) is 1. The monoisotopic (exact) mass is 252 g/mol. The Balaban J connectivity index is 2.07. The summed E-state index contributed by atoms with van der Waals surface area (Å²) in [7, 11) is 0. The molecule has 2 heteroatoms. The van der Waals surface area contributed by atoms with Crippen LogP contribution < -0.4 is 0 Å². The maximum Gasteiger partial charge on any atom is 0.0688 e. The van der Waals surface area contributed by atoms with Crippen LogP contribution in [0.4, 0.5) is 0 Å².